The van der Waals surface area contributed by atoms with Crippen LogP contribution in [-0.4, -0.2) is 14.3 Å². The van der Waals surface area contributed by atoms with E-state index in [-0.39, 0.29) is 18.1 Å². The van der Waals surface area contributed by atoms with Crippen molar-refractivity contribution >= 4 is 37.5 Å². The van der Waals surface area contributed by atoms with Gasteiger partial charge in [-0.1, -0.05) is 40.2 Å². The molecular formula is C22H21BrN2O4S. The number of fused-ring (bicyclic) bond motifs is 1. The van der Waals surface area contributed by atoms with Crippen molar-refractivity contribution < 1.29 is 17.6 Å². The highest BCUT2D eigenvalue weighted by Crippen LogP contribution is 2.31. The van der Waals surface area contributed by atoms with Crippen LogP contribution in [0.15, 0.2) is 57.4 Å². The van der Waals surface area contributed by atoms with Gasteiger partial charge in [-0.05, 0) is 60.4 Å². The Balaban J connectivity index is 1.57. The summed E-state index contributed by atoms with van der Waals surface area (Å²) in [6.07, 6.45) is 0.132. The maximum absolute atomic E-state index is 12.9. The van der Waals surface area contributed by atoms with Crippen molar-refractivity contribution in [2.75, 3.05) is 4.72 Å². The van der Waals surface area contributed by atoms with Crippen LogP contribution in [0.2, 0.25) is 0 Å². The van der Waals surface area contributed by atoms with Crippen molar-refractivity contribution in [3.8, 4) is 0 Å². The van der Waals surface area contributed by atoms with Crippen molar-refractivity contribution in [1.29, 1.82) is 0 Å². The lowest BCUT2D eigenvalue weighted by atomic mass is 10.0. The summed E-state index contributed by atoms with van der Waals surface area (Å²) in [6.45, 7) is 3.86. The van der Waals surface area contributed by atoms with Crippen LogP contribution in [0.3, 0.4) is 0 Å². The fourth-order valence-electron chi connectivity index (χ4n) is 3.56. The van der Waals surface area contributed by atoms with E-state index in [0.29, 0.717) is 17.0 Å². The number of furan rings is 1. The van der Waals surface area contributed by atoms with Gasteiger partial charge in [-0.2, -0.15) is 0 Å². The zero-order chi connectivity index (χ0) is 21.5. The summed E-state index contributed by atoms with van der Waals surface area (Å²) in [5, 5.41) is 3.06. The molecule has 0 saturated heterocycles. The second-order valence-corrected chi connectivity index (χ2v) is 10.1. The summed E-state index contributed by atoms with van der Waals surface area (Å²) in [4.78, 5) is 12.9. The van der Waals surface area contributed by atoms with Gasteiger partial charge in [0.1, 0.15) is 17.6 Å². The molecule has 1 unspecified atom stereocenters. The van der Waals surface area contributed by atoms with Crippen molar-refractivity contribution in [2.45, 2.75) is 32.1 Å². The number of sulfonamides is 1. The summed E-state index contributed by atoms with van der Waals surface area (Å²) in [5.74, 6) is 1.16. The Bertz CT molecular complexity index is 1230. The second kappa shape index (κ2) is 7.92. The van der Waals surface area contributed by atoms with Crippen LogP contribution in [0, 0.1) is 13.8 Å². The van der Waals surface area contributed by atoms with Gasteiger partial charge in [-0.3, -0.25) is 9.52 Å². The zero-order valence-corrected chi connectivity index (χ0v) is 18.9. The number of carbonyl (C=O) groups is 1. The molecule has 2 N–H and O–H groups in total. The predicted molar refractivity (Wildman–Crippen MR) is 119 cm³/mol. The van der Waals surface area contributed by atoms with Gasteiger partial charge >= 0.3 is 0 Å². The summed E-state index contributed by atoms with van der Waals surface area (Å²) in [5.41, 5.74) is 4.01. The average Bonchev–Trinajstić information content (AvgIpc) is 3.21. The quantitative estimate of drug-likeness (QED) is 0.558. The molecule has 3 aromatic rings. The fourth-order valence-corrected chi connectivity index (χ4v) is 5.54. The Kier molecular flexibility index (Phi) is 5.46. The smallest absolute Gasteiger partial charge is 0.237 e. The Labute approximate surface area is 183 Å². The molecule has 6 nitrogen and oxygen atoms in total. The van der Waals surface area contributed by atoms with E-state index in [9.17, 15) is 13.2 Å². The van der Waals surface area contributed by atoms with Crippen molar-refractivity contribution in [3.05, 3.63) is 86.8 Å². The maximum Gasteiger partial charge on any atom is 0.237 e. The largest absolute Gasteiger partial charge is 0.464 e. The first kappa shape index (κ1) is 20.7. The van der Waals surface area contributed by atoms with E-state index >= 15 is 0 Å². The third-order valence-corrected chi connectivity index (χ3v) is 6.87. The number of anilines is 1. The molecule has 0 spiro atoms. The van der Waals surface area contributed by atoms with Crippen molar-refractivity contribution in [2.24, 2.45) is 0 Å². The molecule has 0 saturated carbocycles. The Hall–Kier alpha value is -2.58. The standard InChI is InChI=1S/C22H21BrN2O4S/c1-13-3-6-17(18(23)9-13)22(20-8-4-14(2)29-20)24-21(26)11-15-5-7-19-16(10-15)12-30(27,28)25-19/h3-10,22,25H,11-12H2,1-2H3,(H,24,26). The number of rotatable bonds is 5. The minimum absolute atomic E-state index is 0.0671. The summed E-state index contributed by atoms with van der Waals surface area (Å²) in [7, 11) is -3.32. The third-order valence-electron chi connectivity index (χ3n) is 4.96. The molecule has 0 aliphatic carbocycles. The van der Waals surface area contributed by atoms with Gasteiger partial charge < -0.3 is 9.73 Å². The van der Waals surface area contributed by atoms with E-state index in [1.54, 1.807) is 18.2 Å². The highest BCUT2D eigenvalue weighted by molar-refractivity contribution is 9.10. The van der Waals surface area contributed by atoms with Gasteiger partial charge in [0, 0.05) is 4.47 Å². The number of hydrogen-bond donors (Lipinski definition) is 2. The van der Waals surface area contributed by atoms with Gasteiger partial charge in [0.15, 0.2) is 0 Å². The predicted octanol–water partition coefficient (Wildman–Crippen LogP) is 4.36. The molecule has 1 aliphatic rings. The number of benzene rings is 2. The van der Waals surface area contributed by atoms with Crippen molar-refractivity contribution in [3.63, 3.8) is 0 Å². The molecular weight excluding hydrogens is 468 g/mol. The average molecular weight is 489 g/mol. The number of amides is 1. The van der Waals surface area contributed by atoms with Gasteiger partial charge in [0.05, 0.1) is 17.9 Å². The number of aryl methyl sites for hydroxylation is 2. The minimum atomic E-state index is -3.32. The molecule has 1 aromatic heterocycles. The molecule has 30 heavy (non-hydrogen) atoms. The van der Waals surface area contributed by atoms with E-state index in [4.69, 9.17) is 4.42 Å². The SMILES string of the molecule is Cc1ccc(C(NC(=O)Cc2ccc3c(c2)CS(=O)(=O)N3)c2ccc(C)o2)c(Br)c1. The number of nitrogens with one attached hydrogen (secondary N) is 2. The van der Waals surface area contributed by atoms with Crippen LogP contribution >= 0.6 is 15.9 Å². The molecule has 2 aromatic carbocycles. The van der Waals surface area contributed by atoms with Crippen LogP contribution in [0.25, 0.3) is 0 Å². The Morgan fingerprint density at radius 3 is 2.67 bits per heavy atom. The van der Waals surface area contributed by atoms with E-state index in [0.717, 1.165) is 26.9 Å². The first-order valence-corrected chi connectivity index (χ1v) is 11.9. The number of halogens is 1. The summed E-state index contributed by atoms with van der Waals surface area (Å²) >= 11 is 3.60. The zero-order valence-electron chi connectivity index (χ0n) is 16.5. The van der Waals surface area contributed by atoms with Gasteiger partial charge in [0.2, 0.25) is 15.9 Å². The molecule has 4 rings (SSSR count). The maximum atomic E-state index is 12.9. The monoisotopic (exact) mass is 488 g/mol. The minimum Gasteiger partial charge on any atom is -0.464 e. The van der Waals surface area contributed by atoms with Gasteiger partial charge in [-0.25, -0.2) is 8.42 Å². The van der Waals surface area contributed by atoms with Crippen LogP contribution in [0.5, 0.6) is 0 Å². The lowest BCUT2D eigenvalue weighted by molar-refractivity contribution is -0.121. The molecule has 0 fully saturated rings. The third kappa shape index (κ3) is 4.44. The topological polar surface area (TPSA) is 88.4 Å². The fraction of sp³-hybridized carbons (Fsp3) is 0.227. The van der Waals surface area contributed by atoms with Crippen LogP contribution < -0.4 is 10.0 Å². The molecule has 0 bridgehead atoms. The molecule has 1 amide bonds. The van der Waals surface area contributed by atoms with Crippen LogP contribution in [0.1, 0.15) is 39.8 Å². The highest BCUT2D eigenvalue weighted by atomic mass is 79.9. The Morgan fingerprint density at radius 1 is 1.17 bits per heavy atom. The van der Waals surface area contributed by atoms with E-state index in [1.807, 2.05) is 44.2 Å². The van der Waals surface area contributed by atoms with Gasteiger partial charge in [-0.15, -0.1) is 0 Å². The van der Waals surface area contributed by atoms with E-state index in [2.05, 4.69) is 26.0 Å². The number of carbonyl (C=O) groups excluding carboxylic acids is 1. The normalized spacial score (nSPS) is 15.3. The number of hydrogen-bond acceptors (Lipinski definition) is 4. The highest BCUT2D eigenvalue weighted by Gasteiger charge is 2.25. The molecule has 2 heterocycles. The van der Waals surface area contributed by atoms with Crippen LogP contribution in [0.4, 0.5) is 5.69 Å². The van der Waals surface area contributed by atoms with E-state index < -0.39 is 16.1 Å². The lowest BCUT2D eigenvalue weighted by Crippen LogP contribution is -2.30. The second-order valence-electron chi connectivity index (χ2n) is 7.50. The molecule has 1 aliphatic heterocycles. The summed E-state index contributed by atoms with van der Waals surface area (Å²) in [6, 6.07) is 14.5. The van der Waals surface area contributed by atoms with Crippen molar-refractivity contribution in [1.82, 2.24) is 5.32 Å². The van der Waals surface area contributed by atoms with Crippen LogP contribution in [-0.2, 0) is 27.0 Å². The molecule has 0 radical (unpaired) electrons. The first-order chi connectivity index (χ1) is 14.2. The Morgan fingerprint density at radius 2 is 1.97 bits per heavy atom. The lowest BCUT2D eigenvalue weighted by Gasteiger charge is -2.19. The van der Waals surface area contributed by atoms with E-state index in [1.165, 1.54) is 0 Å². The molecule has 156 valence electrons. The molecule has 1 atom stereocenters. The molecule has 8 heteroatoms. The first-order valence-electron chi connectivity index (χ1n) is 9.44. The summed E-state index contributed by atoms with van der Waals surface area (Å²) < 4.78 is 32.7. The van der Waals surface area contributed by atoms with Gasteiger partial charge in [0.25, 0.3) is 0 Å².